The molecule has 4 heteroatoms. The van der Waals surface area contributed by atoms with E-state index in [2.05, 4.69) is 70.5 Å². The van der Waals surface area contributed by atoms with Gasteiger partial charge in [-0.15, -0.1) is 0 Å². The largest absolute Gasteiger partial charge is 0.306 e. The monoisotopic (exact) mass is 321 g/mol. The number of hydrogen-bond donors (Lipinski definition) is 1. The molecule has 2 rings (SSSR count). The summed E-state index contributed by atoms with van der Waals surface area (Å²) in [5, 5.41) is 7.82. The van der Waals surface area contributed by atoms with Crippen molar-refractivity contribution in [3.8, 4) is 0 Å². The van der Waals surface area contributed by atoms with Gasteiger partial charge in [0, 0.05) is 29.8 Å². The first-order valence-electron chi connectivity index (χ1n) is 6.54. The summed E-state index contributed by atoms with van der Waals surface area (Å²) in [6.07, 6.45) is 2.86. The van der Waals surface area contributed by atoms with E-state index < -0.39 is 0 Å². The molecule has 0 fully saturated rings. The van der Waals surface area contributed by atoms with Crippen LogP contribution < -0.4 is 5.32 Å². The minimum absolute atomic E-state index is 0.304. The first-order valence-corrected chi connectivity index (χ1v) is 7.34. The van der Waals surface area contributed by atoms with Crippen LogP contribution in [0.5, 0.6) is 0 Å². The molecule has 102 valence electrons. The van der Waals surface area contributed by atoms with Crippen molar-refractivity contribution < 1.29 is 0 Å². The normalized spacial score (nSPS) is 14.3. The summed E-state index contributed by atoms with van der Waals surface area (Å²) in [6.45, 7) is 4.39. The van der Waals surface area contributed by atoms with E-state index in [1.807, 2.05) is 17.9 Å². The molecule has 0 aliphatic heterocycles. The third kappa shape index (κ3) is 3.91. The number of nitrogens with one attached hydrogen (secondary N) is 1. The second kappa shape index (κ2) is 6.35. The van der Waals surface area contributed by atoms with Gasteiger partial charge in [-0.1, -0.05) is 28.1 Å². The van der Waals surface area contributed by atoms with Gasteiger partial charge in [0.15, 0.2) is 0 Å². The molecule has 0 bridgehead atoms. The molecule has 0 amide bonds. The van der Waals surface area contributed by atoms with E-state index in [0.29, 0.717) is 12.1 Å². The molecule has 0 aliphatic rings. The number of rotatable bonds is 5. The molecule has 2 aromatic rings. The summed E-state index contributed by atoms with van der Waals surface area (Å²) in [7, 11) is 1.98. The van der Waals surface area contributed by atoms with Crippen LogP contribution in [0.15, 0.2) is 41.0 Å². The van der Waals surface area contributed by atoms with Crippen LogP contribution in [0, 0.1) is 0 Å². The molecule has 0 spiro atoms. The van der Waals surface area contributed by atoms with Crippen LogP contribution in [0.4, 0.5) is 0 Å². The maximum absolute atomic E-state index is 4.21. The van der Waals surface area contributed by atoms with E-state index >= 15 is 0 Å². The lowest BCUT2D eigenvalue weighted by Gasteiger charge is -2.20. The Labute approximate surface area is 123 Å². The van der Waals surface area contributed by atoms with Crippen LogP contribution in [0.1, 0.15) is 31.1 Å². The molecule has 1 N–H and O–H groups in total. The van der Waals surface area contributed by atoms with Crippen molar-refractivity contribution in [1.82, 2.24) is 15.1 Å². The molecule has 2 unspecified atom stereocenters. The highest BCUT2D eigenvalue weighted by molar-refractivity contribution is 9.10. The maximum atomic E-state index is 4.21. The fourth-order valence-electron chi connectivity index (χ4n) is 2.35. The minimum Gasteiger partial charge on any atom is -0.306 e. The first-order chi connectivity index (χ1) is 9.06. The lowest BCUT2D eigenvalue weighted by Crippen LogP contribution is -2.31. The Balaban J connectivity index is 1.92. The van der Waals surface area contributed by atoms with Crippen LogP contribution in [0.3, 0.4) is 0 Å². The van der Waals surface area contributed by atoms with Gasteiger partial charge in [0.1, 0.15) is 0 Å². The fraction of sp³-hybridized carbons (Fsp3) is 0.400. The van der Waals surface area contributed by atoms with Crippen molar-refractivity contribution in [3.63, 3.8) is 0 Å². The fourth-order valence-corrected chi connectivity index (χ4v) is 2.62. The highest BCUT2D eigenvalue weighted by Gasteiger charge is 2.12. The molecule has 19 heavy (non-hydrogen) atoms. The molecule has 2 atom stereocenters. The Morgan fingerprint density at radius 3 is 2.47 bits per heavy atom. The third-order valence-electron chi connectivity index (χ3n) is 3.29. The highest BCUT2D eigenvalue weighted by atomic mass is 79.9. The molecule has 0 saturated carbocycles. The quantitative estimate of drug-likeness (QED) is 0.913. The zero-order valence-corrected chi connectivity index (χ0v) is 13.2. The van der Waals surface area contributed by atoms with Crippen LogP contribution in [0.25, 0.3) is 0 Å². The summed E-state index contributed by atoms with van der Waals surface area (Å²) in [6, 6.07) is 11.3. The summed E-state index contributed by atoms with van der Waals surface area (Å²) in [5.74, 6) is 0. The van der Waals surface area contributed by atoms with E-state index in [0.717, 1.165) is 10.9 Å². The predicted molar refractivity (Wildman–Crippen MR) is 82.1 cm³/mol. The van der Waals surface area contributed by atoms with E-state index in [1.165, 1.54) is 11.3 Å². The number of benzene rings is 1. The molecule has 0 radical (unpaired) electrons. The van der Waals surface area contributed by atoms with E-state index in [1.54, 1.807) is 0 Å². The zero-order valence-electron chi connectivity index (χ0n) is 11.6. The number of hydrogen-bond acceptors (Lipinski definition) is 2. The number of aromatic nitrogens is 2. The Hall–Kier alpha value is -1.13. The van der Waals surface area contributed by atoms with Gasteiger partial charge in [-0.2, -0.15) is 5.10 Å². The van der Waals surface area contributed by atoms with Crippen molar-refractivity contribution in [2.75, 3.05) is 0 Å². The van der Waals surface area contributed by atoms with Crippen molar-refractivity contribution in [2.45, 2.75) is 32.4 Å². The van der Waals surface area contributed by atoms with E-state index in [4.69, 9.17) is 0 Å². The van der Waals surface area contributed by atoms with E-state index in [-0.39, 0.29) is 0 Å². The van der Waals surface area contributed by atoms with Gasteiger partial charge in [0.2, 0.25) is 0 Å². The Kier molecular flexibility index (Phi) is 4.77. The summed E-state index contributed by atoms with van der Waals surface area (Å²) >= 11 is 3.46. The van der Waals surface area contributed by atoms with Crippen molar-refractivity contribution in [2.24, 2.45) is 7.05 Å². The Bertz CT molecular complexity index is 518. The highest BCUT2D eigenvalue weighted by Crippen LogP contribution is 2.15. The average Bonchev–Trinajstić information content (AvgIpc) is 2.78. The molecule has 0 saturated heterocycles. The SMILES string of the molecule is CC(Cc1ccc(Br)cc1)NC(C)c1ccnn1C. The van der Waals surface area contributed by atoms with Crippen molar-refractivity contribution >= 4 is 15.9 Å². The number of aryl methyl sites for hydroxylation is 1. The van der Waals surface area contributed by atoms with Crippen LogP contribution in [-0.2, 0) is 13.5 Å². The van der Waals surface area contributed by atoms with Crippen LogP contribution in [0.2, 0.25) is 0 Å². The van der Waals surface area contributed by atoms with Crippen molar-refractivity contribution in [1.29, 1.82) is 0 Å². The molecular weight excluding hydrogens is 302 g/mol. The smallest absolute Gasteiger partial charge is 0.0547 e. The van der Waals surface area contributed by atoms with Gasteiger partial charge in [0.05, 0.1) is 5.69 Å². The molecule has 1 aromatic carbocycles. The number of halogens is 1. The Morgan fingerprint density at radius 1 is 1.21 bits per heavy atom. The van der Waals surface area contributed by atoms with Gasteiger partial charge in [-0.25, -0.2) is 0 Å². The lowest BCUT2D eigenvalue weighted by atomic mass is 10.1. The average molecular weight is 322 g/mol. The van der Waals surface area contributed by atoms with Gasteiger partial charge in [-0.3, -0.25) is 4.68 Å². The van der Waals surface area contributed by atoms with Gasteiger partial charge in [0.25, 0.3) is 0 Å². The Morgan fingerprint density at radius 2 is 1.89 bits per heavy atom. The zero-order chi connectivity index (χ0) is 13.8. The molecular formula is C15H20BrN3. The standard InChI is InChI=1S/C15H20BrN3/c1-11(10-13-4-6-14(16)7-5-13)18-12(2)15-8-9-17-19(15)3/h4-9,11-12,18H,10H2,1-3H3. The first kappa shape index (κ1) is 14.3. The van der Waals surface area contributed by atoms with E-state index in [9.17, 15) is 0 Å². The number of nitrogens with zero attached hydrogens (tertiary/aromatic N) is 2. The van der Waals surface area contributed by atoms with Gasteiger partial charge < -0.3 is 5.32 Å². The predicted octanol–water partition coefficient (Wildman–Crippen LogP) is 3.46. The van der Waals surface area contributed by atoms with Gasteiger partial charge >= 0.3 is 0 Å². The second-order valence-corrected chi connectivity index (χ2v) is 5.92. The topological polar surface area (TPSA) is 29.9 Å². The van der Waals surface area contributed by atoms with Crippen LogP contribution in [-0.4, -0.2) is 15.8 Å². The molecule has 1 aromatic heterocycles. The van der Waals surface area contributed by atoms with Crippen molar-refractivity contribution in [3.05, 3.63) is 52.3 Å². The van der Waals surface area contributed by atoms with Crippen LogP contribution >= 0.6 is 15.9 Å². The summed E-state index contributed by atoms with van der Waals surface area (Å²) < 4.78 is 3.05. The lowest BCUT2D eigenvalue weighted by molar-refractivity contribution is 0.456. The molecule has 0 aliphatic carbocycles. The summed E-state index contributed by atoms with van der Waals surface area (Å²) in [5.41, 5.74) is 2.56. The molecule has 1 heterocycles. The van der Waals surface area contributed by atoms with Gasteiger partial charge in [-0.05, 0) is 44.0 Å². The maximum Gasteiger partial charge on any atom is 0.0547 e. The molecule has 3 nitrogen and oxygen atoms in total. The third-order valence-corrected chi connectivity index (χ3v) is 3.82. The minimum atomic E-state index is 0.304. The second-order valence-electron chi connectivity index (χ2n) is 5.00. The summed E-state index contributed by atoms with van der Waals surface area (Å²) in [4.78, 5) is 0.